The molecule has 0 unspecified atom stereocenters. The zero-order valence-corrected chi connectivity index (χ0v) is 21.6. The number of carbonyl (C=O) groups is 3. The van der Waals surface area contributed by atoms with Gasteiger partial charge in [-0.3, -0.25) is 9.59 Å². The minimum atomic E-state index is -0.756. The first-order valence-corrected chi connectivity index (χ1v) is 13.2. The molecular formula is C28H34FN5O4. The van der Waals surface area contributed by atoms with Crippen LogP contribution >= 0.6 is 0 Å². The quantitative estimate of drug-likeness (QED) is 0.629. The third-order valence-electron chi connectivity index (χ3n) is 7.83. The maximum absolute atomic E-state index is 13.9. The van der Waals surface area contributed by atoms with Gasteiger partial charge in [0.05, 0.1) is 13.1 Å². The summed E-state index contributed by atoms with van der Waals surface area (Å²) < 4.78 is 13.3. The number of nitrogens with zero attached hydrogens (tertiary/aromatic N) is 4. The number of aromatic hydroxyl groups is 1. The number of likely N-dealkylation sites (N-methyl/N-ethyl adjacent to an activating group) is 1. The van der Waals surface area contributed by atoms with Gasteiger partial charge in [0.15, 0.2) is 0 Å². The lowest BCUT2D eigenvalue weighted by atomic mass is 9.91. The Bertz CT molecular complexity index is 1170. The van der Waals surface area contributed by atoms with Gasteiger partial charge in [0.2, 0.25) is 11.8 Å². The van der Waals surface area contributed by atoms with E-state index >= 15 is 0 Å². The predicted octanol–water partition coefficient (Wildman–Crippen LogP) is 2.84. The summed E-state index contributed by atoms with van der Waals surface area (Å²) in [4.78, 5) is 44.3. The molecule has 2 heterocycles. The van der Waals surface area contributed by atoms with Crippen molar-refractivity contribution in [1.82, 2.24) is 25.1 Å². The van der Waals surface area contributed by atoms with Gasteiger partial charge in [0.1, 0.15) is 23.8 Å². The number of phenols is 1. The van der Waals surface area contributed by atoms with Crippen LogP contribution in [0.4, 0.5) is 9.18 Å². The van der Waals surface area contributed by atoms with Crippen molar-refractivity contribution in [3.05, 3.63) is 65.5 Å². The normalized spacial score (nSPS) is 22.9. The number of rotatable bonds is 5. The molecule has 2 aliphatic heterocycles. The van der Waals surface area contributed by atoms with E-state index in [1.165, 1.54) is 17.1 Å². The minimum absolute atomic E-state index is 0.0384. The Morgan fingerprint density at radius 2 is 1.66 bits per heavy atom. The lowest BCUT2D eigenvalue weighted by Crippen LogP contribution is -2.77. The number of hydrogen-bond acceptors (Lipinski definition) is 5. The summed E-state index contributed by atoms with van der Waals surface area (Å²) >= 11 is 0. The molecule has 0 bridgehead atoms. The average molecular weight is 524 g/mol. The molecule has 2 atom stereocenters. The number of fused-ring (bicyclic) bond motifs is 1. The molecule has 3 fully saturated rings. The summed E-state index contributed by atoms with van der Waals surface area (Å²) in [6.45, 7) is 0.408. The van der Waals surface area contributed by atoms with Gasteiger partial charge < -0.3 is 20.2 Å². The van der Waals surface area contributed by atoms with E-state index in [9.17, 15) is 23.9 Å². The first-order valence-electron chi connectivity index (χ1n) is 13.2. The standard InChI is InChI=1S/C28H34FN5O4/c1-31-18-26(36)33-24(15-19-9-13-23(35)14-10-19)27(37)32(22-5-3-2-4-6-22)17-25(33)34(31)28(38)30-16-20-7-11-21(29)12-8-20/h7-14,22,24-25,35H,2-6,15-18H2,1H3,(H,30,38)/t24-,25-/m0/s1. The van der Waals surface area contributed by atoms with E-state index < -0.39 is 12.2 Å². The van der Waals surface area contributed by atoms with E-state index in [4.69, 9.17) is 0 Å². The van der Waals surface area contributed by atoms with E-state index in [1.54, 1.807) is 53.4 Å². The molecule has 202 valence electrons. The highest BCUT2D eigenvalue weighted by Gasteiger charge is 2.51. The maximum atomic E-state index is 13.9. The van der Waals surface area contributed by atoms with E-state index in [-0.39, 0.29) is 55.1 Å². The van der Waals surface area contributed by atoms with Crippen LogP contribution in [-0.4, -0.2) is 81.2 Å². The van der Waals surface area contributed by atoms with Crippen LogP contribution in [-0.2, 0) is 22.6 Å². The van der Waals surface area contributed by atoms with Crippen LogP contribution in [0.3, 0.4) is 0 Å². The van der Waals surface area contributed by atoms with Gasteiger partial charge in [0.25, 0.3) is 0 Å². The van der Waals surface area contributed by atoms with Gasteiger partial charge in [-0.2, -0.15) is 0 Å². The highest BCUT2D eigenvalue weighted by atomic mass is 19.1. The fraction of sp³-hybridized carbons (Fsp3) is 0.464. The molecule has 1 saturated carbocycles. The maximum Gasteiger partial charge on any atom is 0.334 e. The topological polar surface area (TPSA) is 96.4 Å². The van der Waals surface area contributed by atoms with Crippen molar-refractivity contribution in [2.75, 3.05) is 20.1 Å². The molecule has 10 heteroatoms. The van der Waals surface area contributed by atoms with Gasteiger partial charge in [-0.25, -0.2) is 19.2 Å². The van der Waals surface area contributed by atoms with Crippen LogP contribution in [0.5, 0.6) is 5.75 Å². The molecule has 2 saturated heterocycles. The molecule has 9 nitrogen and oxygen atoms in total. The van der Waals surface area contributed by atoms with Gasteiger partial charge in [-0.1, -0.05) is 43.5 Å². The van der Waals surface area contributed by atoms with Crippen molar-refractivity contribution >= 4 is 17.8 Å². The van der Waals surface area contributed by atoms with Crippen LogP contribution in [0.15, 0.2) is 48.5 Å². The molecule has 2 aromatic carbocycles. The Hall–Kier alpha value is -3.66. The van der Waals surface area contributed by atoms with Crippen LogP contribution < -0.4 is 5.32 Å². The number of halogens is 1. The smallest absolute Gasteiger partial charge is 0.334 e. The zero-order chi connectivity index (χ0) is 26.8. The summed E-state index contributed by atoms with van der Waals surface area (Å²) in [5, 5.41) is 15.8. The Kier molecular flexibility index (Phi) is 7.51. The van der Waals surface area contributed by atoms with E-state index in [2.05, 4.69) is 5.32 Å². The first kappa shape index (κ1) is 26.0. The van der Waals surface area contributed by atoms with Crippen molar-refractivity contribution in [2.24, 2.45) is 0 Å². The van der Waals surface area contributed by atoms with E-state index in [0.29, 0.717) is 6.42 Å². The zero-order valence-electron chi connectivity index (χ0n) is 21.6. The molecule has 5 rings (SSSR count). The first-order chi connectivity index (χ1) is 18.3. The second kappa shape index (κ2) is 11.0. The molecular weight excluding hydrogens is 489 g/mol. The van der Waals surface area contributed by atoms with Gasteiger partial charge in [-0.15, -0.1) is 0 Å². The average Bonchev–Trinajstić information content (AvgIpc) is 2.91. The number of hydrogen-bond donors (Lipinski definition) is 2. The van der Waals surface area contributed by atoms with Crippen molar-refractivity contribution in [2.45, 2.75) is 63.3 Å². The van der Waals surface area contributed by atoms with E-state index in [0.717, 1.165) is 43.2 Å². The molecule has 0 aromatic heterocycles. The number of carbonyl (C=O) groups excluding carboxylic acids is 3. The van der Waals surface area contributed by atoms with E-state index in [1.807, 2.05) is 4.90 Å². The summed E-state index contributed by atoms with van der Waals surface area (Å²) in [5.74, 6) is -0.518. The second-order valence-electron chi connectivity index (χ2n) is 10.4. The Balaban J connectivity index is 1.43. The number of piperazine rings is 1. The molecule has 4 amide bonds. The number of benzene rings is 2. The molecule has 0 radical (unpaired) electrons. The molecule has 2 N–H and O–H groups in total. The highest BCUT2D eigenvalue weighted by Crippen LogP contribution is 2.32. The van der Waals surface area contributed by atoms with Crippen molar-refractivity contribution in [3.8, 4) is 5.75 Å². The SMILES string of the molecule is CN1CC(=O)N2[C@@H](Cc3ccc(O)cc3)C(=O)N(C3CCCCC3)C[C@@H]2N1C(=O)NCc1ccc(F)cc1. The van der Waals surface area contributed by atoms with Crippen molar-refractivity contribution in [1.29, 1.82) is 0 Å². The summed E-state index contributed by atoms with van der Waals surface area (Å²) in [6.07, 6.45) is 4.69. The molecule has 2 aromatic rings. The van der Waals surface area contributed by atoms with Gasteiger partial charge in [-0.05, 0) is 48.2 Å². The number of hydrazine groups is 1. The molecule has 1 aliphatic carbocycles. The lowest BCUT2D eigenvalue weighted by Gasteiger charge is -2.55. The lowest BCUT2D eigenvalue weighted by molar-refractivity contribution is -0.189. The van der Waals surface area contributed by atoms with Gasteiger partial charge >= 0.3 is 6.03 Å². The Labute approximate surface area is 221 Å². The van der Waals surface area contributed by atoms with Crippen LogP contribution in [0.25, 0.3) is 0 Å². The van der Waals surface area contributed by atoms with Gasteiger partial charge in [0, 0.05) is 26.1 Å². The largest absolute Gasteiger partial charge is 0.508 e. The number of phenolic OH excluding ortho intramolecular Hbond substituents is 1. The summed E-state index contributed by atoms with van der Waals surface area (Å²) in [5.41, 5.74) is 1.57. The fourth-order valence-corrected chi connectivity index (χ4v) is 5.90. The summed E-state index contributed by atoms with van der Waals surface area (Å²) in [6, 6.07) is 11.5. The Morgan fingerprint density at radius 1 is 1.00 bits per heavy atom. The third kappa shape index (κ3) is 5.31. The van der Waals surface area contributed by atoms with Crippen LogP contribution in [0.2, 0.25) is 0 Å². The number of urea groups is 1. The van der Waals surface area contributed by atoms with Crippen LogP contribution in [0, 0.1) is 5.82 Å². The minimum Gasteiger partial charge on any atom is -0.508 e. The molecule has 3 aliphatic rings. The predicted molar refractivity (Wildman–Crippen MR) is 138 cm³/mol. The monoisotopic (exact) mass is 523 g/mol. The number of amides is 4. The molecule has 0 spiro atoms. The number of nitrogens with one attached hydrogen (secondary N) is 1. The third-order valence-corrected chi connectivity index (χ3v) is 7.83. The summed E-state index contributed by atoms with van der Waals surface area (Å²) in [7, 11) is 1.70. The van der Waals surface area contributed by atoms with Crippen molar-refractivity contribution < 1.29 is 23.9 Å². The second-order valence-corrected chi connectivity index (χ2v) is 10.4. The fourth-order valence-electron chi connectivity index (χ4n) is 5.90. The highest BCUT2D eigenvalue weighted by molar-refractivity contribution is 5.91. The Morgan fingerprint density at radius 3 is 2.34 bits per heavy atom. The van der Waals surface area contributed by atoms with Crippen molar-refractivity contribution in [3.63, 3.8) is 0 Å². The molecule has 38 heavy (non-hydrogen) atoms. The van der Waals surface area contributed by atoms with Crippen LogP contribution in [0.1, 0.15) is 43.2 Å².